The first-order valence-corrected chi connectivity index (χ1v) is 12.0. The number of carbonyl (C=O) groups is 1. The van der Waals surface area contributed by atoms with Gasteiger partial charge in [0.2, 0.25) is 12.7 Å². The Morgan fingerprint density at radius 2 is 2.03 bits per heavy atom. The molecule has 0 spiro atoms. The minimum absolute atomic E-state index is 0.0704. The van der Waals surface area contributed by atoms with Crippen molar-refractivity contribution in [3.63, 3.8) is 0 Å². The molecule has 0 radical (unpaired) electrons. The summed E-state index contributed by atoms with van der Waals surface area (Å²) in [6.07, 6.45) is 0. The third-order valence-electron chi connectivity index (χ3n) is 5.30. The lowest BCUT2D eigenvalue weighted by Gasteiger charge is -2.15. The van der Waals surface area contributed by atoms with E-state index in [2.05, 4.69) is 10.3 Å². The number of aromatic nitrogens is 2. The number of nitrogens with one attached hydrogen (secondary N) is 1. The van der Waals surface area contributed by atoms with Gasteiger partial charge < -0.3 is 20.6 Å². The molecule has 2 aromatic carbocycles. The highest BCUT2D eigenvalue weighted by Gasteiger charge is 2.19. The fourth-order valence-corrected chi connectivity index (χ4v) is 5.31. The van der Waals surface area contributed by atoms with Crippen LogP contribution < -0.4 is 26.2 Å². The van der Waals surface area contributed by atoms with E-state index in [0.717, 1.165) is 33.1 Å². The zero-order valence-electron chi connectivity index (χ0n) is 17.6. The minimum atomic E-state index is -0.336. The van der Waals surface area contributed by atoms with Gasteiger partial charge in [-0.1, -0.05) is 48.2 Å². The van der Waals surface area contributed by atoms with Gasteiger partial charge in [-0.25, -0.2) is 9.66 Å². The van der Waals surface area contributed by atoms with Crippen LogP contribution in [0.5, 0.6) is 11.5 Å². The summed E-state index contributed by atoms with van der Waals surface area (Å²) in [6, 6.07) is 15.0. The van der Waals surface area contributed by atoms with Gasteiger partial charge in [-0.3, -0.25) is 9.59 Å². The number of hydrogen-bond acceptors (Lipinski definition) is 8. The number of fused-ring (bicyclic) bond motifs is 2. The molecular formula is C23H20N4O4S2. The lowest BCUT2D eigenvalue weighted by Crippen LogP contribution is -2.31. The van der Waals surface area contributed by atoms with Crippen molar-refractivity contribution in [1.82, 2.24) is 15.0 Å². The molecule has 0 unspecified atom stereocenters. The van der Waals surface area contributed by atoms with E-state index in [9.17, 15) is 9.59 Å². The van der Waals surface area contributed by atoms with Crippen molar-refractivity contribution in [3.05, 3.63) is 69.8 Å². The molecule has 4 aromatic rings. The van der Waals surface area contributed by atoms with Gasteiger partial charge in [0.25, 0.3) is 5.56 Å². The van der Waals surface area contributed by atoms with E-state index in [0.29, 0.717) is 26.9 Å². The van der Waals surface area contributed by atoms with E-state index in [1.165, 1.54) is 11.3 Å². The van der Waals surface area contributed by atoms with Crippen molar-refractivity contribution < 1.29 is 14.3 Å². The predicted molar refractivity (Wildman–Crippen MR) is 129 cm³/mol. The van der Waals surface area contributed by atoms with Crippen molar-refractivity contribution in [3.8, 4) is 22.6 Å². The van der Waals surface area contributed by atoms with Gasteiger partial charge in [-0.15, -0.1) is 11.3 Å². The number of hydrogen-bond donors (Lipinski definition) is 2. The fraction of sp³-hybridized carbons (Fsp3) is 0.174. The number of nitrogen functional groups attached to an aromatic ring is 1. The molecule has 5 rings (SSSR count). The van der Waals surface area contributed by atoms with Crippen LogP contribution >= 0.6 is 23.1 Å². The first kappa shape index (κ1) is 21.4. The maximum Gasteiger partial charge on any atom is 0.282 e. The van der Waals surface area contributed by atoms with E-state index >= 15 is 0 Å². The number of ether oxygens (including phenoxy) is 2. The molecule has 0 aliphatic carbocycles. The van der Waals surface area contributed by atoms with Gasteiger partial charge in [0.1, 0.15) is 4.83 Å². The number of amides is 1. The van der Waals surface area contributed by atoms with Crippen molar-refractivity contribution in [2.24, 2.45) is 0 Å². The molecule has 1 atom stereocenters. The Bertz CT molecular complexity index is 1400. The predicted octanol–water partition coefficient (Wildman–Crippen LogP) is 3.54. The number of thiophene rings is 1. The zero-order valence-corrected chi connectivity index (χ0v) is 19.2. The van der Waals surface area contributed by atoms with Crippen LogP contribution in [0.15, 0.2) is 63.9 Å². The second-order valence-electron chi connectivity index (χ2n) is 7.46. The third kappa shape index (κ3) is 4.14. The Morgan fingerprint density at radius 3 is 2.85 bits per heavy atom. The highest BCUT2D eigenvalue weighted by Crippen LogP contribution is 2.34. The molecule has 2 aromatic heterocycles. The van der Waals surface area contributed by atoms with Crippen LogP contribution in [0.4, 0.5) is 0 Å². The zero-order chi connectivity index (χ0) is 22.9. The molecular weight excluding hydrogens is 460 g/mol. The molecule has 0 fully saturated rings. The number of thioether (sulfide) groups is 1. The summed E-state index contributed by atoms with van der Waals surface area (Å²) in [7, 11) is 0. The Kier molecular flexibility index (Phi) is 5.69. The van der Waals surface area contributed by atoms with Crippen molar-refractivity contribution in [1.29, 1.82) is 0 Å². The lowest BCUT2D eigenvalue weighted by atomic mass is 10.1. The quantitative estimate of drug-likeness (QED) is 0.247. The Labute approximate surface area is 197 Å². The monoisotopic (exact) mass is 480 g/mol. The molecule has 3 heterocycles. The number of benzene rings is 2. The molecule has 1 amide bonds. The van der Waals surface area contributed by atoms with Crippen molar-refractivity contribution in [2.75, 3.05) is 18.4 Å². The molecule has 0 saturated heterocycles. The highest BCUT2D eigenvalue weighted by atomic mass is 32.2. The number of nitrogens with two attached hydrogens (primary N) is 1. The van der Waals surface area contributed by atoms with Crippen molar-refractivity contribution in [2.45, 2.75) is 18.1 Å². The molecule has 168 valence electrons. The lowest BCUT2D eigenvalue weighted by molar-refractivity contribution is -0.119. The molecule has 8 nitrogen and oxygen atoms in total. The second kappa shape index (κ2) is 8.80. The summed E-state index contributed by atoms with van der Waals surface area (Å²) in [5.41, 5.74) is 2.30. The first-order valence-electron chi connectivity index (χ1n) is 10.2. The minimum Gasteiger partial charge on any atom is -0.454 e. The van der Waals surface area contributed by atoms with Crippen LogP contribution in [-0.2, 0) is 4.79 Å². The largest absolute Gasteiger partial charge is 0.454 e. The summed E-state index contributed by atoms with van der Waals surface area (Å²) in [5, 5.41) is 5.63. The molecule has 10 heteroatoms. The van der Waals surface area contributed by atoms with E-state index in [1.54, 1.807) is 0 Å². The summed E-state index contributed by atoms with van der Waals surface area (Å²) in [6.45, 7) is 2.09. The maximum atomic E-state index is 13.0. The van der Waals surface area contributed by atoms with Gasteiger partial charge in [0.05, 0.1) is 17.2 Å². The summed E-state index contributed by atoms with van der Waals surface area (Å²) in [4.78, 5) is 30.6. The number of rotatable bonds is 6. The van der Waals surface area contributed by atoms with Crippen LogP contribution in [0, 0.1) is 0 Å². The van der Waals surface area contributed by atoms with Gasteiger partial charge in [0.15, 0.2) is 16.7 Å². The van der Waals surface area contributed by atoms with Gasteiger partial charge in [0, 0.05) is 10.9 Å². The summed E-state index contributed by atoms with van der Waals surface area (Å²) in [5.74, 6) is 7.28. The standard InChI is InChI=1S/C23H20N4O4S2/c1-13(15-7-8-17-18(9-15)31-12-30-17)25-19(28)11-33-23-26-21-20(22(29)27(23)24)16(10-32-21)14-5-3-2-4-6-14/h2-10,13H,11-12,24H2,1H3,(H,25,28)/t13-/m1/s1. The van der Waals surface area contributed by atoms with Crippen molar-refractivity contribution >= 4 is 39.2 Å². The molecule has 3 N–H and O–H groups in total. The van der Waals surface area contributed by atoms with Gasteiger partial charge in [-0.2, -0.15) is 0 Å². The normalized spacial score (nSPS) is 13.2. The van der Waals surface area contributed by atoms with Crippen LogP contribution in [0.1, 0.15) is 18.5 Å². The smallest absolute Gasteiger partial charge is 0.282 e. The average Bonchev–Trinajstić information content (AvgIpc) is 3.47. The van der Waals surface area contributed by atoms with E-state index in [4.69, 9.17) is 15.3 Å². The second-order valence-corrected chi connectivity index (χ2v) is 9.26. The highest BCUT2D eigenvalue weighted by molar-refractivity contribution is 7.99. The third-order valence-corrected chi connectivity index (χ3v) is 7.12. The van der Waals surface area contributed by atoms with E-state index in [-0.39, 0.29) is 30.1 Å². The Balaban J connectivity index is 1.30. The summed E-state index contributed by atoms with van der Waals surface area (Å²) >= 11 is 2.51. The van der Waals surface area contributed by atoms with Crippen LogP contribution in [-0.4, -0.2) is 28.1 Å². The van der Waals surface area contributed by atoms with Crippen LogP contribution in [0.2, 0.25) is 0 Å². The summed E-state index contributed by atoms with van der Waals surface area (Å²) < 4.78 is 11.7. The van der Waals surface area contributed by atoms with E-state index in [1.807, 2.05) is 60.8 Å². The van der Waals surface area contributed by atoms with Gasteiger partial charge >= 0.3 is 0 Å². The van der Waals surface area contributed by atoms with Crippen LogP contribution in [0.3, 0.4) is 0 Å². The molecule has 1 aliphatic heterocycles. The first-order chi connectivity index (χ1) is 16.0. The SMILES string of the molecule is C[C@@H](NC(=O)CSc1nc2scc(-c3ccccc3)c2c(=O)n1N)c1ccc2c(c1)OCO2. The van der Waals surface area contributed by atoms with Gasteiger partial charge in [-0.05, 0) is 30.2 Å². The molecule has 1 aliphatic rings. The Hall–Kier alpha value is -3.50. The topological polar surface area (TPSA) is 108 Å². The number of carbonyl (C=O) groups excluding carboxylic acids is 1. The molecule has 33 heavy (non-hydrogen) atoms. The number of nitrogens with zero attached hydrogens (tertiary/aromatic N) is 2. The van der Waals surface area contributed by atoms with Crippen LogP contribution in [0.25, 0.3) is 21.3 Å². The maximum absolute atomic E-state index is 13.0. The van der Waals surface area contributed by atoms with E-state index < -0.39 is 0 Å². The Morgan fingerprint density at radius 1 is 1.24 bits per heavy atom. The average molecular weight is 481 g/mol. The molecule has 0 saturated carbocycles. The molecule has 0 bridgehead atoms. The fourth-order valence-electron chi connectivity index (χ4n) is 3.60.